The van der Waals surface area contributed by atoms with Crippen LogP contribution >= 0.6 is 15.9 Å². The molecule has 0 radical (unpaired) electrons. The number of aliphatic hydroxyl groups is 1. The van der Waals surface area contributed by atoms with Crippen molar-refractivity contribution in [3.05, 3.63) is 88.2 Å². The highest BCUT2D eigenvalue weighted by Gasteiger charge is 2.69. The van der Waals surface area contributed by atoms with Gasteiger partial charge >= 0.3 is 0 Å². The van der Waals surface area contributed by atoms with E-state index in [1.807, 2.05) is 42.5 Å². The van der Waals surface area contributed by atoms with Crippen LogP contribution in [-0.2, 0) is 11.2 Å². The zero-order valence-electron chi connectivity index (χ0n) is 19.6. The van der Waals surface area contributed by atoms with Crippen molar-refractivity contribution in [1.82, 2.24) is 9.88 Å². The highest BCUT2D eigenvalue weighted by Crippen LogP contribution is 2.67. The first-order valence-electron chi connectivity index (χ1n) is 11.3. The quantitative estimate of drug-likeness (QED) is 0.503. The Morgan fingerprint density at radius 1 is 1.12 bits per heavy atom. The number of aromatic nitrogens is 1. The number of rotatable bonds is 4. The molecule has 1 aliphatic carbocycles. The molecule has 1 N–H and O–H groups in total. The van der Waals surface area contributed by atoms with Crippen LogP contribution in [0.1, 0.15) is 42.4 Å². The highest BCUT2D eigenvalue weighted by atomic mass is 79.9. The van der Waals surface area contributed by atoms with Gasteiger partial charge in [0.25, 0.3) is 0 Å². The summed E-state index contributed by atoms with van der Waals surface area (Å²) in [4.78, 5) is 6.38. The summed E-state index contributed by atoms with van der Waals surface area (Å²) in [6.45, 7) is 3.26. The molecule has 1 fully saturated rings. The maximum atomic E-state index is 12.2. The van der Waals surface area contributed by atoms with Gasteiger partial charge in [-0.3, -0.25) is 4.98 Å². The molecule has 2 heterocycles. The van der Waals surface area contributed by atoms with Crippen LogP contribution in [0.2, 0.25) is 0 Å². The summed E-state index contributed by atoms with van der Waals surface area (Å²) in [5, 5.41) is 12.2. The van der Waals surface area contributed by atoms with E-state index in [1.165, 1.54) is 0 Å². The molecule has 5 rings (SSSR count). The van der Waals surface area contributed by atoms with Crippen LogP contribution in [0.4, 0.5) is 0 Å². The van der Waals surface area contributed by atoms with E-state index in [1.54, 1.807) is 19.5 Å². The van der Waals surface area contributed by atoms with E-state index in [0.29, 0.717) is 23.5 Å². The molecule has 2 aliphatic rings. The predicted octanol–water partition coefficient (Wildman–Crippen LogP) is 5.47. The minimum Gasteiger partial charge on any atom is -0.495 e. The van der Waals surface area contributed by atoms with Crippen molar-refractivity contribution in [2.45, 2.75) is 36.9 Å². The van der Waals surface area contributed by atoms with E-state index < -0.39 is 11.2 Å². The van der Waals surface area contributed by atoms with Crippen LogP contribution in [0, 0.1) is 0 Å². The number of benzene rings is 2. The molecule has 3 atom stereocenters. The van der Waals surface area contributed by atoms with E-state index in [-0.39, 0.29) is 5.92 Å². The van der Waals surface area contributed by atoms with Gasteiger partial charge in [0.1, 0.15) is 17.1 Å². The van der Waals surface area contributed by atoms with E-state index in [2.05, 4.69) is 59.0 Å². The van der Waals surface area contributed by atoms with E-state index >= 15 is 0 Å². The summed E-state index contributed by atoms with van der Waals surface area (Å²) in [6, 6.07) is 18.3. The fourth-order valence-electron chi connectivity index (χ4n) is 5.02. The van der Waals surface area contributed by atoms with Crippen molar-refractivity contribution in [3.8, 4) is 11.5 Å². The molecule has 3 aromatic rings. The number of hydrogen-bond donors (Lipinski definition) is 1. The Morgan fingerprint density at radius 3 is 2.39 bits per heavy atom. The average molecular weight is 511 g/mol. The molecule has 2 aromatic carbocycles. The van der Waals surface area contributed by atoms with Crippen LogP contribution in [0.3, 0.4) is 0 Å². The first-order chi connectivity index (χ1) is 15.9. The smallest absolute Gasteiger partial charge is 0.174 e. The molecule has 0 spiro atoms. The van der Waals surface area contributed by atoms with Gasteiger partial charge in [-0.1, -0.05) is 65.3 Å². The maximum absolute atomic E-state index is 12.2. The van der Waals surface area contributed by atoms with Crippen molar-refractivity contribution >= 4 is 15.9 Å². The fraction of sp³-hybridized carbons (Fsp3) is 0.370. The third kappa shape index (κ3) is 3.94. The predicted molar refractivity (Wildman–Crippen MR) is 134 cm³/mol. The summed E-state index contributed by atoms with van der Waals surface area (Å²) in [6.07, 6.45) is 4.71. The Hall–Kier alpha value is -2.41. The largest absolute Gasteiger partial charge is 0.495 e. The summed E-state index contributed by atoms with van der Waals surface area (Å²) >= 11 is 3.52. The summed E-state index contributed by atoms with van der Waals surface area (Å²) in [5.41, 5.74) is 0.661. The van der Waals surface area contributed by atoms with Gasteiger partial charge in [0.15, 0.2) is 5.60 Å². The maximum Gasteiger partial charge on any atom is 0.174 e. The number of ether oxygens (including phenoxy) is 2. The van der Waals surface area contributed by atoms with E-state index in [4.69, 9.17) is 9.47 Å². The normalized spacial score (nSPS) is 25.0. The Morgan fingerprint density at radius 2 is 1.79 bits per heavy atom. The van der Waals surface area contributed by atoms with Gasteiger partial charge in [-0.2, -0.15) is 0 Å². The summed E-state index contributed by atoms with van der Waals surface area (Å²) in [7, 11) is 5.71. The lowest BCUT2D eigenvalue weighted by atomic mass is 9.72. The Balaban J connectivity index is 0.000000471. The van der Waals surface area contributed by atoms with Gasteiger partial charge in [-0.15, -0.1) is 0 Å². The van der Waals surface area contributed by atoms with Gasteiger partial charge in [0.05, 0.1) is 25.1 Å². The second kappa shape index (κ2) is 9.45. The molecule has 0 amide bonds. The van der Waals surface area contributed by atoms with Crippen LogP contribution in [0.25, 0.3) is 0 Å². The van der Waals surface area contributed by atoms with Crippen LogP contribution in [0.15, 0.2) is 71.5 Å². The number of hydrogen-bond acceptors (Lipinski definition) is 5. The van der Waals surface area contributed by atoms with Gasteiger partial charge in [-0.05, 0) is 56.7 Å². The van der Waals surface area contributed by atoms with Crippen molar-refractivity contribution in [2.75, 3.05) is 27.7 Å². The minimum absolute atomic E-state index is 0.00279. The minimum atomic E-state index is -1.20. The molecule has 1 saturated carbocycles. The standard InChI is InChI=1S/C23H20BrNO3.C4H11N/c1-27-19-13-25-14-20-21(19)22(26)12-11-18(15-5-3-2-4-6-15)23(22,28-20)16-7-9-17(24)10-8-16;1-4-5(2)3/h2-10,13-14,18,26H,11-12H2,1H3;4H2,1-3H3/t18-,22+,23-;/m0./s1. The molecular formula is C27H31BrN2O3. The zero-order valence-corrected chi connectivity index (χ0v) is 21.2. The summed E-state index contributed by atoms with van der Waals surface area (Å²) in [5.74, 6) is 1.15. The Kier molecular flexibility index (Phi) is 6.80. The molecule has 1 aliphatic heterocycles. The Bertz CT molecular complexity index is 1090. The van der Waals surface area contributed by atoms with Crippen LogP contribution in [0.5, 0.6) is 11.5 Å². The van der Waals surface area contributed by atoms with Crippen molar-refractivity contribution in [1.29, 1.82) is 0 Å². The monoisotopic (exact) mass is 510 g/mol. The van der Waals surface area contributed by atoms with Gasteiger partial charge < -0.3 is 19.5 Å². The number of fused-ring (bicyclic) bond motifs is 3. The number of halogens is 1. The van der Waals surface area contributed by atoms with Gasteiger partial charge in [0, 0.05) is 10.4 Å². The third-order valence-electron chi connectivity index (χ3n) is 6.79. The first-order valence-corrected chi connectivity index (χ1v) is 12.1. The van der Waals surface area contributed by atoms with Crippen LogP contribution in [-0.4, -0.2) is 42.7 Å². The zero-order chi connectivity index (χ0) is 23.6. The molecule has 174 valence electrons. The lowest BCUT2D eigenvalue weighted by molar-refractivity contribution is -0.106. The second-order valence-corrected chi connectivity index (χ2v) is 9.73. The number of nitrogens with zero attached hydrogens (tertiary/aromatic N) is 2. The van der Waals surface area contributed by atoms with E-state index in [0.717, 1.165) is 28.6 Å². The molecule has 1 aromatic heterocycles. The van der Waals surface area contributed by atoms with Crippen molar-refractivity contribution < 1.29 is 14.6 Å². The topological polar surface area (TPSA) is 54.8 Å². The lowest BCUT2D eigenvalue weighted by Gasteiger charge is -2.40. The molecule has 0 bridgehead atoms. The average Bonchev–Trinajstić information content (AvgIpc) is 3.27. The molecular weight excluding hydrogens is 480 g/mol. The molecule has 6 heteroatoms. The van der Waals surface area contributed by atoms with Gasteiger partial charge in [0.2, 0.25) is 0 Å². The molecule has 0 unspecified atom stereocenters. The van der Waals surface area contributed by atoms with Crippen molar-refractivity contribution in [2.24, 2.45) is 0 Å². The van der Waals surface area contributed by atoms with Crippen molar-refractivity contribution in [3.63, 3.8) is 0 Å². The second-order valence-electron chi connectivity index (χ2n) is 8.82. The summed E-state index contributed by atoms with van der Waals surface area (Å²) < 4.78 is 13.2. The lowest BCUT2D eigenvalue weighted by Crippen LogP contribution is -2.48. The number of pyridine rings is 1. The SMILES string of the molecule is CCN(C)C.COc1cncc2c1[C@]1(O)CC[C@@H](c3ccccc3)[C@]1(c1ccc(Br)cc1)O2. The molecule has 33 heavy (non-hydrogen) atoms. The molecule has 5 nitrogen and oxygen atoms in total. The van der Waals surface area contributed by atoms with E-state index in [9.17, 15) is 5.11 Å². The number of methoxy groups -OCH3 is 1. The fourth-order valence-corrected chi connectivity index (χ4v) is 5.28. The molecule has 0 saturated heterocycles. The Labute approximate surface area is 204 Å². The highest BCUT2D eigenvalue weighted by molar-refractivity contribution is 9.10. The first kappa shape index (κ1) is 23.7. The van der Waals surface area contributed by atoms with Crippen LogP contribution < -0.4 is 9.47 Å². The third-order valence-corrected chi connectivity index (χ3v) is 7.32. The van der Waals surface area contributed by atoms with Gasteiger partial charge in [-0.25, -0.2) is 0 Å².